The van der Waals surface area contributed by atoms with E-state index in [9.17, 15) is 4.79 Å². The average molecular weight is 248 g/mol. The highest BCUT2D eigenvalue weighted by molar-refractivity contribution is 5.96. The van der Waals surface area contributed by atoms with Crippen LogP contribution in [0.4, 0.5) is 5.69 Å². The van der Waals surface area contributed by atoms with Gasteiger partial charge < -0.3 is 9.64 Å². The van der Waals surface area contributed by atoms with Crippen LogP contribution >= 0.6 is 0 Å². The van der Waals surface area contributed by atoms with Gasteiger partial charge in [-0.25, -0.2) is 4.79 Å². The first-order valence-electron chi connectivity index (χ1n) is 6.04. The van der Waals surface area contributed by atoms with Crippen LogP contribution in [0.2, 0.25) is 0 Å². The van der Waals surface area contributed by atoms with Gasteiger partial charge in [0.25, 0.3) is 0 Å². The molecule has 0 heterocycles. The quantitative estimate of drug-likeness (QED) is 0.467. The van der Waals surface area contributed by atoms with Crippen LogP contribution in [0.1, 0.15) is 30.6 Å². The van der Waals surface area contributed by atoms with Gasteiger partial charge in [-0.3, -0.25) is 4.99 Å². The molecule has 1 aromatic carbocycles. The topological polar surface area (TPSA) is 41.9 Å². The van der Waals surface area contributed by atoms with Gasteiger partial charge in [-0.15, -0.1) is 0 Å². The lowest BCUT2D eigenvalue weighted by molar-refractivity contribution is 0.0505. The average Bonchev–Trinajstić information content (AvgIpc) is 2.43. The molecule has 0 fully saturated rings. The molecule has 98 valence electrons. The summed E-state index contributed by atoms with van der Waals surface area (Å²) in [7, 11) is 3.69. The lowest BCUT2D eigenvalue weighted by Crippen LogP contribution is -2.23. The molecule has 1 aromatic rings. The van der Waals surface area contributed by atoms with Gasteiger partial charge in [-0.05, 0) is 37.6 Å². The maximum atomic E-state index is 11.6. The first kappa shape index (κ1) is 14.2. The van der Waals surface area contributed by atoms with Crippen LogP contribution < -0.4 is 4.90 Å². The van der Waals surface area contributed by atoms with E-state index in [1.165, 1.54) is 0 Å². The molecule has 0 aliphatic heterocycles. The summed E-state index contributed by atoms with van der Waals surface area (Å²) in [5.74, 6) is 0.642. The summed E-state index contributed by atoms with van der Waals surface area (Å²) in [5.41, 5.74) is 1.57. The largest absolute Gasteiger partial charge is 0.462 e. The molecule has 0 radical (unpaired) electrons. The molecule has 0 N–H and O–H groups in total. The van der Waals surface area contributed by atoms with Crippen molar-refractivity contribution in [2.75, 3.05) is 25.6 Å². The monoisotopic (exact) mass is 248 g/mol. The Kier molecular flexibility index (Phi) is 5.36. The van der Waals surface area contributed by atoms with E-state index in [1.807, 2.05) is 37.9 Å². The summed E-state index contributed by atoms with van der Waals surface area (Å²) in [5, 5.41) is 0. The van der Waals surface area contributed by atoms with Crippen LogP contribution in [0.5, 0.6) is 0 Å². The number of ether oxygens (including phenoxy) is 1. The molecule has 0 spiro atoms. The van der Waals surface area contributed by atoms with Crippen molar-refractivity contribution in [3.8, 4) is 0 Å². The molecular weight excluding hydrogens is 228 g/mol. The van der Waals surface area contributed by atoms with Crippen molar-refractivity contribution in [3.05, 3.63) is 29.8 Å². The van der Waals surface area contributed by atoms with Crippen molar-refractivity contribution >= 4 is 17.5 Å². The highest BCUT2D eigenvalue weighted by Crippen LogP contribution is 2.15. The van der Waals surface area contributed by atoms with Gasteiger partial charge in [-0.1, -0.05) is 6.92 Å². The standard InChI is InChI=1S/C14H20N2O2/c1-5-10-18-14(17)12-6-8-13(9-7-12)16(4)11(2)15-3/h6-9H,5,10H2,1-4H3. The smallest absolute Gasteiger partial charge is 0.338 e. The first-order chi connectivity index (χ1) is 8.60. The number of benzene rings is 1. The minimum Gasteiger partial charge on any atom is -0.462 e. The molecule has 1 rings (SSSR count). The van der Waals surface area contributed by atoms with Gasteiger partial charge in [0.05, 0.1) is 18.0 Å². The number of aliphatic imine (C=N–C) groups is 1. The van der Waals surface area contributed by atoms with E-state index in [4.69, 9.17) is 4.74 Å². The van der Waals surface area contributed by atoms with Crippen LogP contribution in [0.25, 0.3) is 0 Å². The van der Waals surface area contributed by atoms with Crippen molar-refractivity contribution in [2.45, 2.75) is 20.3 Å². The van der Waals surface area contributed by atoms with Crippen LogP contribution in [-0.2, 0) is 4.74 Å². The van der Waals surface area contributed by atoms with Gasteiger partial charge in [0.15, 0.2) is 0 Å². The van der Waals surface area contributed by atoms with E-state index in [-0.39, 0.29) is 5.97 Å². The number of esters is 1. The molecule has 0 aliphatic rings. The molecule has 0 saturated carbocycles. The van der Waals surface area contributed by atoms with Crippen LogP contribution in [0.3, 0.4) is 0 Å². The van der Waals surface area contributed by atoms with Gasteiger partial charge in [0.2, 0.25) is 0 Å². The number of nitrogens with zero attached hydrogens (tertiary/aromatic N) is 2. The predicted octanol–water partition coefficient (Wildman–Crippen LogP) is 2.74. The Morgan fingerprint density at radius 2 is 1.94 bits per heavy atom. The van der Waals surface area contributed by atoms with E-state index in [0.717, 1.165) is 17.9 Å². The van der Waals surface area contributed by atoms with E-state index in [0.29, 0.717) is 12.2 Å². The molecule has 4 heteroatoms. The zero-order valence-corrected chi connectivity index (χ0v) is 11.4. The second-order valence-electron chi connectivity index (χ2n) is 4.01. The lowest BCUT2D eigenvalue weighted by Gasteiger charge is -2.18. The van der Waals surface area contributed by atoms with E-state index < -0.39 is 0 Å². The SMILES string of the molecule is CCCOC(=O)c1ccc(N(C)C(C)=NC)cc1. The van der Waals surface area contributed by atoms with Crippen LogP contribution in [0.15, 0.2) is 29.3 Å². The van der Waals surface area contributed by atoms with Crippen LogP contribution in [-0.4, -0.2) is 32.5 Å². The van der Waals surface area contributed by atoms with Crippen molar-refractivity contribution in [1.29, 1.82) is 0 Å². The molecular formula is C14H20N2O2. The molecule has 0 aliphatic carbocycles. The van der Waals surface area contributed by atoms with E-state index >= 15 is 0 Å². The summed E-state index contributed by atoms with van der Waals surface area (Å²) < 4.78 is 5.07. The zero-order chi connectivity index (χ0) is 13.5. The number of carbonyl (C=O) groups is 1. The predicted molar refractivity (Wildman–Crippen MR) is 74.5 cm³/mol. The Morgan fingerprint density at radius 1 is 1.33 bits per heavy atom. The lowest BCUT2D eigenvalue weighted by atomic mass is 10.2. The number of rotatable bonds is 4. The highest BCUT2D eigenvalue weighted by atomic mass is 16.5. The third-order valence-electron chi connectivity index (χ3n) is 2.74. The molecule has 4 nitrogen and oxygen atoms in total. The molecule has 0 atom stereocenters. The Bertz CT molecular complexity index is 424. The van der Waals surface area contributed by atoms with Crippen molar-refractivity contribution in [3.63, 3.8) is 0 Å². The number of amidine groups is 1. The number of anilines is 1. The highest BCUT2D eigenvalue weighted by Gasteiger charge is 2.08. The van der Waals surface area contributed by atoms with Gasteiger partial charge in [0, 0.05) is 19.8 Å². The summed E-state index contributed by atoms with van der Waals surface area (Å²) in [6.45, 7) is 4.36. The first-order valence-corrected chi connectivity index (χ1v) is 6.04. The number of hydrogen-bond acceptors (Lipinski definition) is 3. The Labute approximate surface area is 108 Å². The van der Waals surface area contributed by atoms with Crippen molar-refractivity contribution in [1.82, 2.24) is 0 Å². The van der Waals surface area contributed by atoms with E-state index in [2.05, 4.69) is 4.99 Å². The maximum Gasteiger partial charge on any atom is 0.338 e. The van der Waals surface area contributed by atoms with Gasteiger partial charge in [-0.2, -0.15) is 0 Å². The molecule has 0 unspecified atom stereocenters. The molecule has 0 aromatic heterocycles. The summed E-state index contributed by atoms with van der Waals surface area (Å²) in [6.07, 6.45) is 0.832. The maximum absolute atomic E-state index is 11.6. The second-order valence-corrected chi connectivity index (χ2v) is 4.01. The fourth-order valence-electron chi connectivity index (χ4n) is 1.44. The number of hydrogen-bond donors (Lipinski definition) is 0. The van der Waals surface area contributed by atoms with Crippen LogP contribution in [0, 0.1) is 0 Å². The third-order valence-corrected chi connectivity index (χ3v) is 2.74. The summed E-state index contributed by atoms with van der Waals surface area (Å²) in [4.78, 5) is 17.7. The molecule has 0 amide bonds. The zero-order valence-electron chi connectivity index (χ0n) is 11.4. The van der Waals surface area contributed by atoms with Crippen molar-refractivity contribution in [2.24, 2.45) is 4.99 Å². The van der Waals surface area contributed by atoms with Gasteiger partial charge >= 0.3 is 5.97 Å². The van der Waals surface area contributed by atoms with Gasteiger partial charge in [0.1, 0.15) is 0 Å². The third kappa shape index (κ3) is 3.58. The minimum atomic E-state index is -0.271. The van der Waals surface area contributed by atoms with E-state index in [1.54, 1.807) is 19.2 Å². The fraction of sp³-hybridized carbons (Fsp3) is 0.429. The minimum absolute atomic E-state index is 0.271. The number of carbonyl (C=O) groups excluding carboxylic acids is 1. The molecule has 0 saturated heterocycles. The Hall–Kier alpha value is -1.84. The molecule has 0 bridgehead atoms. The summed E-state index contributed by atoms with van der Waals surface area (Å²) >= 11 is 0. The normalized spacial score (nSPS) is 11.2. The summed E-state index contributed by atoms with van der Waals surface area (Å²) in [6, 6.07) is 7.31. The second kappa shape index (κ2) is 6.79. The Morgan fingerprint density at radius 3 is 2.44 bits per heavy atom. The van der Waals surface area contributed by atoms with Crippen molar-refractivity contribution < 1.29 is 9.53 Å². The fourth-order valence-corrected chi connectivity index (χ4v) is 1.44. The Balaban J connectivity index is 2.77. The molecule has 18 heavy (non-hydrogen) atoms.